The average Bonchev–Trinajstić information content (AvgIpc) is 2.54. The fourth-order valence-electron chi connectivity index (χ4n) is 2.90. The molecule has 0 amide bonds. The van der Waals surface area contributed by atoms with Gasteiger partial charge in [-0.15, -0.1) is 0 Å². The minimum Gasteiger partial charge on any atom is -0.466 e. The zero-order chi connectivity index (χ0) is 15.8. The molecule has 0 aromatic heterocycles. The molecule has 1 aromatic carbocycles. The van der Waals surface area contributed by atoms with E-state index in [9.17, 15) is 9.59 Å². The first kappa shape index (κ1) is 16.5. The lowest BCUT2D eigenvalue weighted by atomic mass is 9.80. The molecule has 4 heteroatoms. The number of carbonyl (C=O) groups excluding carboxylic acids is 2. The van der Waals surface area contributed by atoms with Gasteiger partial charge >= 0.3 is 11.9 Å². The minimum absolute atomic E-state index is 0.0258. The number of rotatable bonds is 6. The molecule has 2 rings (SSSR count). The first-order valence-electron chi connectivity index (χ1n) is 8.05. The second-order valence-electron chi connectivity index (χ2n) is 5.82. The van der Waals surface area contributed by atoms with Gasteiger partial charge in [0.15, 0.2) is 0 Å². The molecular weight excluding hydrogens is 280 g/mol. The average molecular weight is 304 g/mol. The van der Waals surface area contributed by atoms with Crippen LogP contribution in [0.2, 0.25) is 0 Å². The smallest absolute Gasteiger partial charge is 0.309 e. The van der Waals surface area contributed by atoms with Crippen molar-refractivity contribution in [2.75, 3.05) is 6.61 Å². The highest BCUT2D eigenvalue weighted by Gasteiger charge is 2.28. The van der Waals surface area contributed by atoms with Gasteiger partial charge in [0.25, 0.3) is 0 Å². The van der Waals surface area contributed by atoms with E-state index >= 15 is 0 Å². The van der Waals surface area contributed by atoms with Gasteiger partial charge in [0.1, 0.15) is 6.61 Å². The highest BCUT2D eigenvalue weighted by molar-refractivity contribution is 5.73. The fraction of sp³-hybridized carbons (Fsp3) is 0.556. The normalized spacial score (nSPS) is 21.1. The Morgan fingerprint density at radius 2 is 1.73 bits per heavy atom. The molecule has 4 nitrogen and oxygen atoms in total. The Morgan fingerprint density at radius 1 is 1.05 bits per heavy atom. The van der Waals surface area contributed by atoms with E-state index in [1.807, 2.05) is 37.3 Å². The first-order valence-corrected chi connectivity index (χ1v) is 8.05. The quantitative estimate of drug-likeness (QED) is 0.755. The van der Waals surface area contributed by atoms with Crippen LogP contribution in [-0.4, -0.2) is 18.5 Å². The predicted octanol–water partition coefficient (Wildman–Crippen LogP) is 3.49. The predicted molar refractivity (Wildman–Crippen MR) is 82.9 cm³/mol. The zero-order valence-electron chi connectivity index (χ0n) is 13.1. The summed E-state index contributed by atoms with van der Waals surface area (Å²) in [4.78, 5) is 23.6. The van der Waals surface area contributed by atoms with Crippen molar-refractivity contribution in [2.24, 2.45) is 11.8 Å². The summed E-state index contributed by atoms with van der Waals surface area (Å²) in [5.74, 6) is 0.0791. The third-order valence-corrected chi connectivity index (χ3v) is 4.16. The summed E-state index contributed by atoms with van der Waals surface area (Å²) in [5.41, 5.74) is 1.01. The number of benzene rings is 1. The van der Waals surface area contributed by atoms with E-state index in [0.29, 0.717) is 25.6 Å². The molecule has 22 heavy (non-hydrogen) atoms. The summed E-state index contributed by atoms with van der Waals surface area (Å²) in [6.45, 7) is 2.58. The maximum absolute atomic E-state index is 12.1. The Morgan fingerprint density at radius 3 is 2.36 bits per heavy atom. The summed E-state index contributed by atoms with van der Waals surface area (Å²) < 4.78 is 10.4. The lowest BCUT2D eigenvalue weighted by Crippen LogP contribution is -2.25. The van der Waals surface area contributed by atoms with Crippen LogP contribution in [0, 0.1) is 11.8 Å². The topological polar surface area (TPSA) is 52.6 Å². The lowest BCUT2D eigenvalue weighted by molar-refractivity contribution is -0.151. The van der Waals surface area contributed by atoms with Crippen molar-refractivity contribution in [3.05, 3.63) is 35.9 Å². The van der Waals surface area contributed by atoms with Crippen LogP contribution in [-0.2, 0) is 25.7 Å². The molecule has 1 aliphatic carbocycles. The van der Waals surface area contributed by atoms with Crippen molar-refractivity contribution >= 4 is 11.9 Å². The summed E-state index contributed by atoms with van der Waals surface area (Å²) in [7, 11) is 0. The van der Waals surface area contributed by atoms with Crippen LogP contribution in [0.3, 0.4) is 0 Å². The fourth-order valence-corrected chi connectivity index (χ4v) is 2.90. The van der Waals surface area contributed by atoms with Crippen LogP contribution < -0.4 is 0 Å². The van der Waals surface area contributed by atoms with E-state index in [1.54, 1.807) is 0 Å². The maximum Gasteiger partial charge on any atom is 0.309 e. The van der Waals surface area contributed by atoms with Gasteiger partial charge in [0.2, 0.25) is 0 Å². The van der Waals surface area contributed by atoms with Crippen molar-refractivity contribution in [3.8, 4) is 0 Å². The second-order valence-corrected chi connectivity index (χ2v) is 5.82. The molecule has 0 unspecified atom stereocenters. The van der Waals surface area contributed by atoms with Gasteiger partial charge < -0.3 is 9.47 Å². The molecule has 1 fully saturated rings. The standard InChI is InChI=1S/C18H24O4/c1-2-21-17(19)12-14-8-10-16(11-9-14)18(20)22-13-15-6-4-3-5-7-15/h3-7,14,16H,2,8-13H2,1H3. The molecule has 1 aromatic rings. The van der Waals surface area contributed by atoms with Crippen LogP contribution in [0.15, 0.2) is 30.3 Å². The van der Waals surface area contributed by atoms with Gasteiger partial charge in [-0.2, -0.15) is 0 Å². The minimum atomic E-state index is -0.127. The molecule has 1 aliphatic rings. The molecule has 0 aliphatic heterocycles. The van der Waals surface area contributed by atoms with E-state index in [1.165, 1.54) is 0 Å². The highest BCUT2D eigenvalue weighted by atomic mass is 16.5. The Labute approximate surface area is 131 Å². The molecule has 0 N–H and O–H groups in total. The van der Waals surface area contributed by atoms with Gasteiger partial charge in [0, 0.05) is 6.42 Å². The molecule has 0 bridgehead atoms. The molecule has 0 radical (unpaired) electrons. The molecule has 120 valence electrons. The van der Waals surface area contributed by atoms with Crippen LogP contribution in [0.4, 0.5) is 0 Å². The van der Waals surface area contributed by atoms with Crippen molar-refractivity contribution in [1.82, 2.24) is 0 Å². The van der Waals surface area contributed by atoms with E-state index in [2.05, 4.69) is 0 Å². The van der Waals surface area contributed by atoms with E-state index in [0.717, 1.165) is 31.2 Å². The largest absolute Gasteiger partial charge is 0.466 e. The first-order chi connectivity index (χ1) is 10.7. The molecule has 1 saturated carbocycles. The van der Waals surface area contributed by atoms with Crippen molar-refractivity contribution in [2.45, 2.75) is 45.6 Å². The summed E-state index contributed by atoms with van der Waals surface area (Å²) >= 11 is 0. The van der Waals surface area contributed by atoms with Crippen LogP contribution in [0.1, 0.15) is 44.6 Å². The van der Waals surface area contributed by atoms with E-state index < -0.39 is 0 Å². The number of carbonyl (C=O) groups is 2. The number of hydrogen-bond donors (Lipinski definition) is 0. The zero-order valence-corrected chi connectivity index (χ0v) is 13.1. The Balaban J connectivity index is 1.69. The Hall–Kier alpha value is -1.84. The number of esters is 2. The lowest BCUT2D eigenvalue weighted by Gasteiger charge is -2.26. The van der Waals surface area contributed by atoms with Crippen LogP contribution in [0.5, 0.6) is 0 Å². The Kier molecular flexibility index (Phi) is 6.44. The molecule has 0 atom stereocenters. The van der Waals surface area contributed by atoms with Crippen molar-refractivity contribution in [1.29, 1.82) is 0 Å². The molecule has 0 saturated heterocycles. The van der Waals surface area contributed by atoms with Gasteiger partial charge in [0.05, 0.1) is 12.5 Å². The van der Waals surface area contributed by atoms with Gasteiger partial charge in [-0.1, -0.05) is 30.3 Å². The Bertz CT molecular complexity index is 475. The number of hydrogen-bond acceptors (Lipinski definition) is 4. The summed E-state index contributed by atoms with van der Waals surface area (Å²) in [6, 6.07) is 9.71. The van der Waals surface area contributed by atoms with Gasteiger partial charge in [-0.3, -0.25) is 9.59 Å². The SMILES string of the molecule is CCOC(=O)CC1CCC(C(=O)OCc2ccccc2)CC1. The second kappa shape index (κ2) is 8.57. The van der Waals surface area contributed by atoms with E-state index in [-0.39, 0.29) is 17.9 Å². The van der Waals surface area contributed by atoms with Crippen molar-refractivity contribution < 1.29 is 19.1 Å². The third-order valence-electron chi connectivity index (χ3n) is 4.16. The molecule has 0 heterocycles. The van der Waals surface area contributed by atoms with Gasteiger partial charge in [-0.05, 0) is 44.1 Å². The van der Waals surface area contributed by atoms with Crippen LogP contribution in [0.25, 0.3) is 0 Å². The molecule has 0 spiro atoms. The van der Waals surface area contributed by atoms with Gasteiger partial charge in [-0.25, -0.2) is 0 Å². The van der Waals surface area contributed by atoms with E-state index in [4.69, 9.17) is 9.47 Å². The third kappa shape index (κ3) is 5.17. The van der Waals surface area contributed by atoms with Crippen molar-refractivity contribution in [3.63, 3.8) is 0 Å². The monoisotopic (exact) mass is 304 g/mol. The number of ether oxygens (including phenoxy) is 2. The molecular formula is C18H24O4. The highest BCUT2D eigenvalue weighted by Crippen LogP contribution is 2.31. The summed E-state index contributed by atoms with van der Waals surface area (Å²) in [6.07, 6.45) is 3.86. The summed E-state index contributed by atoms with van der Waals surface area (Å²) in [5, 5.41) is 0. The van der Waals surface area contributed by atoms with Crippen LogP contribution >= 0.6 is 0 Å². The maximum atomic E-state index is 12.1.